The average Bonchev–Trinajstić information content (AvgIpc) is 2.29. The molecule has 1 N–H and O–H groups in total. The second-order valence-electron chi connectivity index (χ2n) is 4.89. The summed E-state index contributed by atoms with van der Waals surface area (Å²) in [5.74, 6) is 1.02. The van der Waals surface area contributed by atoms with Crippen molar-refractivity contribution in [1.82, 2.24) is 5.32 Å². The van der Waals surface area contributed by atoms with Crippen LogP contribution in [-0.2, 0) is 11.3 Å². The molecule has 102 valence electrons. The second-order valence-corrected chi connectivity index (χ2v) is 4.89. The Labute approximate surface area is 110 Å². The van der Waals surface area contributed by atoms with E-state index < -0.39 is 0 Å². The van der Waals surface area contributed by atoms with Crippen LogP contribution in [0.4, 0.5) is 0 Å². The Kier molecular flexibility index (Phi) is 6.16. The Morgan fingerprint density at radius 2 is 1.78 bits per heavy atom. The Hall–Kier alpha value is -1.06. The highest BCUT2D eigenvalue weighted by molar-refractivity contribution is 5.43. The minimum atomic E-state index is 0.216. The van der Waals surface area contributed by atoms with E-state index in [2.05, 4.69) is 45.1 Å². The van der Waals surface area contributed by atoms with Crippen LogP contribution >= 0.6 is 0 Å². The van der Waals surface area contributed by atoms with E-state index in [0.29, 0.717) is 0 Å². The molecule has 3 heteroatoms. The topological polar surface area (TPSA) is 30.5 Å². The molecule has 3 nitrogen and oxygen atoms in total. The van der Waals surface area contributed by atoms with Crippen LogP contribution in [0.3, 0.4) is 0 Å². The van der Waals surface area contributed by atoms with Gasteiger partial charge in [-0.2, -0.15) is 0 Å². The van der Waals surface area contributed by atoms with E-state index in [1.165, 1.54) is 16.7 Å². The van der Waals surface area contributed by atoms with Crippen LogP contribution in [0.25, 0.3) is 0 Å². The van der Waals surface area contributed by atoms with Crippen LogP contribution in [0, 0.1) is 13.8 Å². The van der Waals surface area contributed by atoms with Crippen molar-refractivity contribution in [3.63, 3.8) is 0 Å². The third-order valence-electron chi connectivity index (χ3n) is 2.69. The van der Waals surface area contributed by atoms with Gasteiger partial charge in [0.15, 0.2) is 0 Å². The molecular weight excluding hydrogens is 226 g/mol. The number of rotatable bonds is 7. The second kappa shape index (κ2) is 7.39. The summed E-state index contributed by atoms with van der Waals surface area (Å²) in [5, 5.41) is 3.35. The molecule has 0 aliphatic rings. The lowest BCUT2D eigenvalue weighted by Gasteiger charge is -2.16. The number of ether oxygens (including phenoxy) is 2. The molecule has 0 fully saturated rings. The lowest BCUT2D eigenvalue weighted by Crippen LogP contribution is -2.18. The van der Waals surface area contributed by atoms with E-state index in [1.54, 1.807) is 7.11 Å². The predicted molar refractivity (Wildman–Crippen MR) is 75.3 cm³/mol. The molecule has 0 saturated carbocycles. The zero-order valence-corrected chi connectivity index (χ0v) is 12.2. The molecule has 1 rings (SSSR count). The zero-order chi connectivity index (χ0) is 13.5. The molecule has 0 unspecified atom stereocenters. The van der Waals surface area contributed by atoms with Gasteiger partial charge in [0.05, 0.1) is 12.7 Å². The first-order chi connectivity index (χ1) is 8.54. The number of aryl methyl sites for hydroxylation is 2. The van der Waals surface area contributed by atoms with Crippen molar-refractivity contribution < 1.29 is 9.47 Å². The highest BCUT2D eigenvalue weighted by atomic mass is 16.5. The molecule has 0 aliphatic carbocycles. The number of methoxy groups -OCH3 is 1. The van der Waals surface area contributed by atoms with Gasteiger partial charge in [-0.1, -0.05) is 12.1 Å². The molecule has 0 saturated heterocycles. The Morgan fingerprint density at radius 1 is 1.17 bits per heavy atom. The summed E-state index contributed by atoms with van der Waals surface area (Å²) in [4.78, 5) is 0. The largest absolute Gasteiger partial charge is 0.490 e. The van der Waals surface area contributed by atoms with Crippen molar-refractivity contribution in [2.45, 2.75) is 40.3 Å². The fourth-order valence-electron chi connectivity index (χ4n) is 1.97. The highest BCUT2D eigenvalue weighted by Gasteiger charge is 2.07. The van der Waals surface area contributed by atoms with Gasteiger partial charge < -0.3 is 14.8 Å². The lowest BCUT2D eigenvalue weighted by molar-refractivity contribution is 0.199. The third kappa shape index (κ3) is 4.67. The molecule has 18 heavy (non-hydrogen) atoms. The maximum Gasteiger partial charge on any atom is 0.125 e. The van der Waals surface area contributed by atoms with Crippen molar-refractivity contribution in [3.8, 4) is 5.75 Å². The van der Waals surface area contributed by atoms with Crippen molar-refractivity contribution in [1.29, 1.82) is 0 Å². The predicted octanol–water partition coefficient (Wildman–Crippen LogP) is 2.83. The van der Waals surface area contributed by atoms with E-state index >= 15 is 0 Å². The molecule has 0 radical (unpaired) electrons. The van der Waals surface area contributed by atoms with Crippen molar-refractivity contribution >= 4 is 0 Å². The molecular formula is C15H25NO2. The van der Waals surface area contributed by atoms with Gasteiger partial charge in [0.1, 0.15) is 5.75 Å². The third-order valence-corrected chi connectivity index (χ3v) is 2.69. The highest BCUT2D eigenvalue weighted by Crippen LogP contribution is 2.25. The molecule has 0 bridgehead atoms. The van der Waals surface area contributed by atoms with Crippen molar-refractivity contribution in [3.05, 3.63) is 28.8 Å². The minimum absolute atomic E-state index is 0.216. The van der Waals surface area contributed by atoms with Crippen LogP contribution in [0.15, 0.2) is 12.1 Å². The van der Waals surface area contributed by atoms with Gasteiger partial charge in [-0.05, 0) is 44.4 Å². The van der Waals surface area contributed by atoms with E-state index in [1.807, 2.05) is 0 Å². The van der Waals surface area contributed by atoms with Crippen LogP contribution in [0.1, 0.15) is 30.5 Å². The van der Waals surface area contributed by atoms with E-state index in [9.17, 15) is 0 Å². The maximum absolute atomic E-state index is 5.83. The van der Waals surface area contributed by atoms with Crippen LogP contribution in [0.2, 0.25) is 0 Å². The van der Waals surface area contributed by atoms with Crippen molar-refractivity contribution in [2.24, 2.45) is 0 Å². The number of hydrogen-bond acceptors (Lipinski definition) is 3. The molecule has 0 spiro atoms. The van der Waals surface area contributed by atoms with E-state index in [0.717, 1.165) is 25.4 Å². The Bertz CT molecular complexity index is 352. The van der Waals surface area contributed by atoms with E-state index in [4.69, 9.17) is 9.47 Å². The van der Waals surface area contributed by atoms with Gasteiger partial charge in [-0.3, -0.25) is 0 Å². The standard InChI is InChI=1S/C15H25NO2/c1-11(2)18-15-12(3)8-14(9-13(15)4)10-16-6-7-17-5/h8-9,11,16H,6-7,10H2,1-5H3. The Morgan fingerprint density at radius 3 is 2.28 bits per heavy atom. The monoisotopic (exact) mass is 251 g/mol. The average molecular weight is 251 g/mol. The number of nitrogens with one attached hydrogen (secondary N) is 1. The molecule has 1 aromatic rings. The summed E-state index contributed by atoms with van der Waals surface area (Å²) < 4.78 is 10.8. The quantitative estimate of drug-likeness (QED) is 0.756. The lowest BCUT2D eigenvalue weighted by atomic mass is 10.1. The maximum atomic E-state index is 5.83. The molecule has 0 heterocycles. The molecule has 0 aromatic heterocycles. The van der Waals surface area contributed by atoms with Gasteiger partial charge in [0.25, 0.3) is 0 Å². The number of benzene rings is 1. The summed E-state index contributed by atoms with van der Waals surface area (Å²) in [6, 6.07) is 4.37. The zero-order valence-electron chi connectivity index (χ0n) is 12.2. The van der Waals surface area contributed by atoms with Crippen LogP contribution in [0.5, 0.6) is 5.75 Å². The van der Waals surface area contributed by atoms with Crippen LogP contribution in [-0.4, -0.2) is 26.4 Å². The smallest absolute Gasteiger partial charge is 0.125 e. The first-order valence-electron chi connectivity index (χ1n) is 6.51. The number of hydrogen-bond donors (Lipinski definition) is 1. The summed E-state index contributed by atoms with van der Waals surface area (Å²) in [7, 11) is 1.72. The fraction of sp³-hybridized carbons (Fsp3) is 0.600. The van der Waals surface area contributed by atoms with Crippen molar-refractivity contribution in [2.75, 3.05) is 20.3 Å². The first-order valence-corrected chi connectivity index (χ1v) is 6.51. The molecule has 0 atom stereocenters. The molecule has 0 aliphatic heterocycles. The van der Waals surface area contributed by atoms with Gasteiger partial charge >= 0.3 is 0 Å². The fourth-order valence-corrected chi connectivity index (χ4v) is 1.97. The van der Waals surface area contributed by atoms with Gasteiger partial charge in [0.2, 0.25) is 0 Å². The first kappa shape index (κ1) is 15.0. The summed E-state index contributed by atoms with van der Waals surface area (Å²) in [5.41, 5.74) is 3.69. The minimum Gasteiger partial charge on any atom is -0.490 e. The molecule has 1 aromatic carbocycles. The summed E-state index contributed by atoms with van der Waals surface area (Å²) in [6.45, 7) is 10.8. The van der Waals surface area contributed by atoms with E-state index in [-0.39, 0.29) is 6.10 Å². The summed E-state index contributed by atoms with van der Waals surface area (Å²) >= 11 is 0. The SMILES string of the molecule is COCCNCc1cc(C)c(OC(C)C)c(C)c1. The normalized spacial score (nSPS) is 11.0. The summed E-state index contributed by atoms with van der Waals surface area (Å²) in [6.07, 6.45) is 0.216. The molecule has 0 amide bonds. The van der Waals surface area contributed by atoms with Gasteiger partial charge in [0, 0.05) is 20.2 Å². The van der Waals surface area contributed by atoms with Gasteiger partial charge in [-0.25, -0.2) is 0 Å². The Balaban J connectivity index is 2.67. The van der Waals surface area contributed by atoms with Gasteiger partial charge in [-0.15, -0.1) is 0 Å². The van der Waals surface area contributed by atoms with Crippen LogP contribution < -0.4 is 10.1 Å².